The summed E-state index contributed by atoms with van der Waals surface area (Å²) in [5.74, 6) is 3.84. The molecule has 3 aromatic carbocycles. The van der Waals surface area contributed by atoms with E-state index >= 15 is 0 Å². The molecule has 1 aliphatic rings. The highest BCUT2D eigenvalue weighted by atomic mass is 32.1. The Labute approximate surface area is 177 Å². The molecule has 1 amide bonds. The van der Waals surface area contributed by atoms with E-state index in [9.17, 15) is 4.79 Å². The van der Waals surface area contributed by atoms with Gasteiger partial charge in [-0.25, -0.2) is 0 Å². The normalized spacial score (nSPS) is 13.5. The number of hydrogen-bond acceptors (Lipinski definition) is 4. The van der Waals surface area contributed by atoms with Crippen LogP contribution in [0.3, 0.4) is 0 Å². The van der Waals surface area contributed by atoms with Crippen LogP contribution < -0.4 is 14.3 Å². The lowest BCUT2D eigenvalue weighted by molar-refractivity contribution is -0.117. The van der Waals surface area contributed by atoms with Gasteiger partial charge in [-0.05, 0) is 16.3 Å². The number of thiazole rings is 1. The van der Waals surface area contributed by atoms with Crippen LogP contribution in [-0.2, 0) is 17.8 Å². The van der Waals surface area contributed by atoms with Gasteiger partial charge in [-0.2, -0.15) is 4.99 Å². The van der Waals surface area contributed by atoms with E-state index in [0.717, 1.165) is 26.6 Å². The van der Waals surface area contributed by atoms with E-state index < -0.39 is 0 Å². The molecule has 148 valence electrons. The first-order valence-electron chi connectivity index (χ1n) is 9.63. The molecule has 2 heterocycles. The van der Waals surface area contributed by atoms with Gasteiger partial charge in [-0.15, -0.1) is 6.42 Å². The Morgan fingerprint density at radius 1 is 1.07 bits per heavy atom. The molecule has 30 heavy (non-hydrogen) atoms. The Bertz CT molecular complexity index is 1390. The number of nitrogens with zero attached hydrogens (tertiary/aromatic N) is 2. The number of terminal acetylenes is 1. The topological polar surface area (TPSA) is 52.8 Å². The molecule has 0 atom stereocenters. The zero-order chi connectivity index (χ0) is 20.5. The first-order valence-corrected chi connectivity index (χ1v) is 10.4. The van der Waals surface area contributed by atoms with Crippen molar-refractivity contribution in [2.45, 2.75) is 13.0 Å². The van der Waals surface area contributed by atoms with E-state index in [1.165, 1.54) is 11.3 Å². The highest BCUT2D eigenvalue weighted by Crippen LogP contribution is 2.35. The summed E-state index contributed by atoms with van der Waals surface area (Å²) >= 11 is 1.42. The van der Waals surface area contributed by atoms with Crippen LogP contribution in [0.25, 0.3) is 21.0 Å². The van der Waals surface area contributed by atoms with E-state index in [4.69, 9.17) is 15.9 Å². The molecule has 1 aliphatic heterocycles. The van der Waals surface area contributed by atoms with Crippen LogP contribution in [0, 0.1) is 12.3 Å². The first-order chi connectivity index (χ1) is 14.7. The van der Waals surface area contributed by atoms with Gasteiger partial charge >= 0.3 is 0 Å². The number of amides is 1. The van der Waals surface area contributed by atoms with E-state index in [2.05, 4.69) is 17.0 Å². The minimum atomic E-state index is -0.208. The second-order valence-corrected chi connectivity index (χ2v) is 8.01. The van der Waals surface area contributed by atoms with Crippen LogP contribution in [0.4, 0.5) is 0 Å². The summed E-state index contributed by atoms with van der Waals surface area (Å²) in [5.41, 5.74) is 1.82. The lowest BCUT2D eigenvalue weighted by atomic mass is 10.1. The maximum atomic E-state index is 12.7. The van der Waals surface area contributed by atoms with E-state index in [0.29, 0.717) is 36.1 Å². The van der Waals surface area contributed by atoms with Crippen molar-refractivity contribution in [1.82, 2.24) is 4.57 Å². The van der Waals surface area contributed by atoms with Gasteiger partial charge in [0.2, 0.25) is 0 Å². The number of hydrogen-bond donors (Lipinski definition) is 0. The zero-order valence-electron chi connectivity index (χ0n) is 16.1. The average Bonchev–Trinajstić information content (AvgIpc) is 3.08. The Hall–Kier alpha value is -3.56. The Kier molecular flexibility index (Phi) is 4.74. The molecule has 0 aliphatic carbocycles. The van der Waals surface area contributed by atoms with E-state index in [1.54, 1.807) is 0 Å². The molecule has 0 bridgehead atoms. The third kappa shape index (κ3) is 3.44. The average molecular weight is 414 g/mol. The fourth-order valence-corrected chi connectivity index (χ4v) is 4.66. The smallest absolute Gasteiger partial charge is 0.252 e. The SMILES string of the molecule is C#CCn1c(=NC(=O)Cc2ccc3ccccc3c2)sc2cc3c(cc21)OCCO3. The maximum absolute atomic E-state index is 12.7. The van der Waals surface area contributed by atoms with Crippen molar-refractivity contribution in [2.24, 2.45) is 4.99 Å². The summed E-state index contributed by atoms with van der Waals surface area (Å²) in [6, 6.07) is 18.0. The maximum Gasteiger partial charge on any atom is 0.252 e. The lowest BCUT2D eigenvalue weighted by Crippen LogP contribution is -2.17. The Balaban J connectivity index is 1.52. The number of rotatable bonds is 3. The van der Waals surface area contributed by atoms with E-state index in [-0.39, 0.29) is 12.3 Å². The van der Waals surface area contributed by atoms with Crippen LogP contribution in [-0.4, -0.2) is 23.7 Å². The minimum absolute atomic E-state index is 0.208. The molecule has 5 rings (SSSR count). The van der Waals surface area contributed by atoms with Gasteiger partial charge in [-0.3, -0.25) is 4.79 Å². The summed E-state index contributed by atoms with van der Waals surface area (Å²) in [6.07, 6.45) is 5.81. The van der Waals surface area contributed by atoms with Crippen molar-refractivity contribution in [1.29, 1.82) is 0 Å². The fourth-order valence-electron chi connectivity index (χ4n) is 3.61. The molecule has 0 N–H and O–H groups in total. The number of ether oxygens (including phenoxy) is 2. The third-order valence-electron chi connectivity index (χ3n) is 4.99. The van der Waals surface area contributed by atoms with Gasteiger partial charge in [0.15, 0.2) is 16.3 Å². The minimum Gasteiger partial charge on any atom is -0.486 e. The first kappa shape index (κ1) is 18.5. The summed E-state index contributed by atoms with van der Waals surface area (Å²) in [7, 11) is 0. The lowest BCUT2D eigenvalue weighted by Gasteiger charge is -2.18. The standard InChI is InChI=1S/C24H18N2O3S/c1-2-9-26-19-14-20-21(29-11-10-28-20)15-22(19)30-24(26)25-23(27)13-16-7-8-17-5-3-4-6-18(17)12-16/h1,3-8,12,14-15H,9-11,13H2. The highest BCUT2D eigenvalue weighted by molar-refractivity contribution is 7.16. The highest BCUT2D eigenvalue weighted by Gasteiger charge is 2.16. The molecule has 0 spiro atoms. The summed E-state index contributed by atoms with van der Waals surface area (Å²) in [6.45, 7) is 1.36. The van der Waals surface area contributed by atoms with Crippen molar-refractivity contribution in [3.63, 3.8) is 0 Å². The van der Waals surface area contributed by atoms with Crippen molar-refractivity contribution in [2.75, 3.05) is 13.2 Å². The number of carbonyl (C=O) groups is 1. The van der Waals surface area contributed by atoms with Crippen LogP contribution in [0.15, 0.2) is 59.6 Å². The second-order valence-electron chi connectivity index (χ2n) is 7.00. The third-order valence-corrected chi connectivity index (χ3v) is 6.03. The van der Waals surface area contributed by atoms with Crippen molar-refractivity contribution >= 4 is 38.2 Å². The predicted molar refractivity (Wildman–Crippen MR) is 118 cm³/mol. The number of carbonyl (C=O) groups excluding carboxylic acids is 1. The molecule has 6 heteroatoms. The molecule has 1 aromatic heterocycles. The molecule has 0 unspecified atom stereocenters. The van der Waals surface area contributed by atoms with Gasteiger partial charge in [0.05, 0.1) is 23.2 Å². The summed E-state index contributed by atoms with van der Waals surface area (Å²) in [4.78, 5) is 17.7. The number of benzene rings is 3. The number of aromatic nitrogens is 1. The van der Waals surface area contributed by atoms with Crippen molar-refractivity contribution < 1.29 is 14.3 Å². The van der Waals surface area contributed by atoms with Crippen molar-refractivity contribution in [3.05, 3.63) is 65.0 Å². The molecule has 0 radical (unpaired) electrons. The largest absolute Gasteiger partial charge is 0.486 e. The molecule has 0 saturated carbocycles. The fraction of sp³-hybridized carbons (Fsp3) is 0.167. The zero-order valence-corrected chi connectivity index (χ0v) is 16.9. The predicted octanol–water partition coefficient (Wildman–Crippen LogP) is 3.93. The van der Waals surface area contributed by atoms with Gasteiger partial charge < -0.3 is 14.0 Å². The quantitative estimate of drug-likeness (QED) is 0.478. The van der Waals surface area contributed by atoms with E-state index in [1.807, 2.05) is 53.1 Å². The monoisotopic (exact) mass is 414 g/mol. The van der Waals surface area contributed by atoms with Crippen LogP contribution in [0.1, 0.15) is 5.56 Å². The Morgan fingerprint density at radius 3 is 2.63 bits per heavy atom. The molecular weight excluding hydrogens is 396 g/mol. The molecule has 5 nitrogen and oxygen atoms in total. The van der Waals surface area contributed by atoms with Crippen LogP contribution in [0.5, 0.6) is 11.5 Å². The summed E-state index contributed by atoms with van der Waals surface area (Å²) in [5, 5.41) is 2.26. The van der Waals surface area contributed by atoms with Crippen LogP contribution in [0.2, 0.25) is 0 Å². The number of fused-ring (bicyclic) bond motifs is 3. The van der Waals surface area contributed by atoms with Crippen molar-refractivity contribution in [3.8, 4) is 23.8 Å². The van der Waals surface area contributed by atoms with Gasteiger partial charge in [-0.1, -0.05) is 59.7 Å². The van der Waals surface area contributed by atoms with Gasteiger partial charge in [0, 0.05) is 12.1 Å². The van der Waals surface area contributed by atoms with Crippen LogP contribution >= 0.6 is 11.3 Å². The Morgan fingerprint density at radius 2 is 1.83 bits per heavy atom. The second kappa shape index (κ2) is 7.69. The summed E-state index contributed by atoms with van der Waals surface area (Å²) < 4.78 is 14.2. The van der Waals surface area contributed by atoms with Gasteiger partial charge in [0.1, 0.15) is 13.2 Å². The molecule has 0 fully saturated rings. The van der Waals surface area contributed by atoms with Gasteiger partial charge in [0.25, 0.3) is 5.91 Å². The molecule has 0 saturated heterocycles. The molecule has 4 aromatic rings. The molecular formula is C24H18N2O3S.